The summed E-state index contributed by atoms with van der Waals surface area (Å²) in [6.07, 6.45) is 3.36. The zero-order valence-electron chi connectivity index (χ0n) is 12.6. The van der Waals surface area contributed by atoms with Crippen molar-refractivity contribution in [1.29, 1.82) is 0 Å². The number of nitrogens with two attached hydrogens (primary N) is 1. The lowest BCUT2D eigenvalue weighted by Gasteiger charge is -2.14. The van der Waals surface area contributed by atoms with Gasteiger partial charge in [-0.25, -0.2) is 0 Å². The summed E-state index contributed by atoms with van der Waals surface area (Å²) in [6, 6.07) is 1.90. The summed E-state index contributed by atoms with van der Waals surface area (Å²) >= 11 is 1.43. The molecule has 1 aliphatic rings. The first kappa shape index (κ1) is 16.0. The van der Waals surface area contributed by atoms with Crippen molar-refractivity contribution in [3.05, 3.63) is 21.4 Å². The molecule has 0 aliphatic heterocycles. The highest BCUT2D eigenvalue weighted by Crippen LogP contribution is 2.48. The van der Waals surface area contributed by atoms with E-state index < -0.39 is 0 Å². The van der Waals surface area contributed by atoms with Crippen LogP contribution in [0.15, 0.2) is 6.07 Å². The van der Waals surface area contributed by atoms with E-state index in [9.17, 15) is 4.79 Å². The molecule has 0 bridgehead atoms. The molecular formula is C16H22N2O2S. The first-order valence-corrected chi connectivity index (χ1v) is 7.98. The molecule has 1 aliphatic carbocycles. The normalized spacial score (nSPS) is 15.2. The van der Waals surface area contributed by atoms with Gasteiger partial charge in [-0.05, 0) is 43.2 Å². The number of hydrogen-bond donors (Lipinski definition) is 2. The van der Waals surface area contributed by atoms with Crippen LogP contribution in [0, 0.1) is 24.2 Å². The minimum absolute atomic E-state index is 0.00686. The van der Waals surface area contributed by atoms with Crippen LogP contribution in [0.25, 0.3) is 0 Å². The van der Waals surface area contributed by atoms with E-state index in [1.165, 1.54) is 24.2 Å². The van der Waals surface area contributed by atoms with E-state index in [2.05, 4.69) is 17.2 Å². The molecule has 1 aromatic heterocycles. The maximum absolute atomic E-state index is 12.2. The van der Waals surface area contributed by atoms with Crippen LogP contribution in [-0.4, -0.2) is 32.7 Å². The van der Waals surface area contributed by atoms with Gasteiger partial charge < -0.3 is 15.8 Å². The molecule has 4 nitrogen and oxygen atoms in total. The number of nitrogens with one attached hydrogen (secondary N) is 1. The van der Waals surface area contributed by atoms with E-state index in [1.54, 1.807) is 7.11 Å². The Morgan fingerprint density at radius 3 is 2.95 bits per heavy atom. The molecule has 1 fully saturated rings. The zero-order chi connectivity index (χ0) is 15.3. The number of rotatable bonds is 6. The van der Waals surface area contributed by atoms with Crippen molar-refractivity contribution in [3.63, 3.8) is 0 Å². The first-order valence-electron chi connectivity index (χ1n) is 7.17. The third-order valence-electron chi connectivity index (χ3n) is 3.86. The number of aryl methyl sites for hydroxylation is 1. The van der Waals surface area contributed by atoms with Gasteiger partial charge in [0, 0.05) is 20.3 Å². The second-order valence-electron chi connectivity index (χ2n) is 5.55. The summed E-state index contributed by atoms with van der Waals surface area (Å²) in [5.41, 5.74) is 6.67. The molecule has 1 heterocycles. The maximum atomic E-state index is 12.2. The van der Waals surface area contributed by atoms with Gasteiger partial charge in [0.05, 0.1) is 16.3 Å². The van der Waals surface area contributed by atoms with E-state index >= 15 is 0 Å². The van der Waals surface area contributed by atoms with Crippen LogP contribution in [0.3, 0.4) is 0 Å². The minimum Gasteiger partial charge on any atom is -0.385 e. The Balaban J connectivity index is 1.92. The molecule has 114 valence electrons. The van der Waals surface area contributed by atoms with E-state index in [-0.39, 0.29) is 11.3 Å². The number of hydrogen-bond acceptors (Lipinski definition) is 4. The summed E-state index contributed by atoms with van der Waals surface area (Å²) in [6.45, 7) is 3.79. The maximum Gasteiger partial charge on any atom is 0.261 e. The number of amides is 1. The number of carbonyl (C=O) groups is 1. The molecule has 0 spiro atoms. The van der Waals surface area contributed by atoms with Gasteiger partial charge in [-0.3, -0.25) is 4.79 Å². The lowest BCUT2D eigenvalue weighted by molar-refractivity contribution is 0.0942. The fraction of sp³-hybridized carbons (Fsp3) is 0.562. The Morgan fingerprint density at radius 1 is 1.57 bits per heavy atom. The minimum atomic E-state index is -0.00686. The summed E-state index contributed by atoms with van der Waals surface area (Å²) in [5.74, 6) is 5.83. The molecule has 0 unspecified atom stereocenters. The van der Waals surface area contributed by atoms with E-state index in [0.717, 1.165) is 34.9 Å². The van der Waals surface area contributed by atoms with Crippen molar-refractivity contribution < 1.29 is 9.53 Å². The van der Waals surface area contributed by atoms with Gasteiger partial charge in [-0.15, -0.1) is 11.3 Å². The molecule has 0 aromatic carbocycles. The number of thiophene rings is 1. The lowest BCUT2D eigenvalue weighted by atomic mass is 10.0. The van der Waals surface area contributed by atoms with Crippen molar-refractivity contribution in [2.75, 3.05) is 26.8 Å². The molecule has 0 radical (unpaired) electrons. The highest BCUT2D eigenvalue weighted by molar-refractivity contribution is 7.14. The van der Waals surface area contributed by atoms with Crippen LogP contribution in [0.2, 0.25) is 0 Å². The molecular weight excluding hydrogens is 284 g/mol. The third kappa shape index (κ3) is 4.31. The third-order valence-corrected chi connectivity index (χ3v) is 5.01. The molecule has 1 saturated carbocycles. The Bertz CT molecular complexity index is 565. The van der Waals surface area contributed by atoms with Crippen LogP contribution >= 0.6 is 11.3 Å². The van der Waals surface area contributed by atoms with Crippen LogP contribution in [0.5, 0.6) is 0 Å². The largest absolute Gasteiger partial charge is 0.385 e. The molecule has 1 amide bonds. The quantitative estimate of drug-likeness (QED) is 0.789. The molecule has 5 heteroatoms. The fourth-order valence-corrected chi connectivity index (χ4v) is 3.18. The van der Waals surface area contributed by atoms with Crippen LogP contribution < -0.4 is 11.1 Å². The van der Waals surface area contributed by atoms with Gasteiger partial charge in [-0.1, -0.05) is 11.8 Å². The van der Waals surface area contributed by atoms with Crippen molar-refractivity contribution >= 4 is 17.2 Å². The Kier molecular flexibility index (Phi) is 5.40. The second kappa shape index (κ2) is 7.08. The number of ether oxygens (including phenoxy) is 1. The Labute approximate surface area is 130 Å². The van der Waals surface area contributed by atoms with Crippen molar-refractivity contribution in [3.8, 4) is 11.8 Å². The number of carbonyl (C=O) groups excluding carboxylic acids is 1. The highest BCUT2D eigenvalue weighted by Gasteiger charge is 2.42. The van der Waals surface area contributed by atoms with Gasteiger partial charge in [0.1, 0.15) is 0 Å². The predicted molar refractivity (Wildman–Crippen MR) is 85.5 cm³/mol. The first-order chi connectivity index (χ1) is 10.1. The standard InChI is InChI=1S/C16H22N2O2S/c1-12-10-14(21-13(12)4-3-8-17)15(19)18-11-16(5-6-16)7-9-20-2/h10H,5-9,11,17H2,1-2H3,(H,18,19). The summed E-state index contributed by atoms with van der Waals surface area (Å²) in [7, 11) is 1.72. The molecule has 1 aromatic rings. The molecule has 21 heavy (non-hydrogen) atoms. The lowest BCUT2D eigenvalue weighted by Crippen LogP contribution is -2.30. The molecule has 3 N–H and O–H groups in total. The van der Waals surface area contributed by atoms with Gasteiger partial charge in [0.15, 0.2) is 0 Å². The van der Waals surface area contributed by atoms with Gasteiger partial charge in [-0.2, -0.15) is 0 Å². The summed E-state index contributed by atoms with van der Waals surface area (Å²) in [4.78, 5) is 13.9. The second-order valence-corrected chi connectivity index (χ2v) is 6.61. The topological polar surface area (TPSA) is 64.3 Å². The summed E-state index contributed by atoms with van der Waals surface area (Å²) in [5, 5.41) is 3.05. The molecule has 2 rings (SSSR count). The average Bonchev–Trinajstić information content (AvgIpc) is 3.16. The zero-order valence-corrected chi connectivity index (χ0v) is 13.4. The van der Waals surface area contributed by atoms with Crippen molar-refractivity contribution in [1.82, 2.24) is 5.32 Å². The van der Waals surface area contributed by atoms with Gasteiger partial charge >= 0.3 is 0 Å². The summed E-state index contributed by atoms with van der Waals surface area (Å²) < 4.78 is 5.13. The van der Waals surface area contributed by atoms with Gasteiger partial charge in [0.2, 0.25) is 0 Å². The fourth-order valence-electron chi connectivity index (χ4n) is 2.21. The van der Waals surface area contributed by atoms with Crippen molar-refractivity contribution in [2.24, 2.45) is 11.1 Å². The average molecular weight is 306 g/mol. The smallest absolute Gasteiger partial charge is 0.261 e. The Morgan fingerprint density at radius 2 is 2.33 bits per heavy atom. The number of methoxy groups -OCH3 is 1. The van der Waals surface area contributed by atoms with Crippen LogP contribution in [0.1, 0.15) is 39.4 Å². The van der Waals surface area contributed by atoms with E-state index in [4.69, 9.17) is 10.5 Å². The van der Waals surface area contributed by atoms with E-state index in [1.807, 2.05) is 13.0 Å². The van der Waals surface area contributed by atoms with Crippen LogP contribution in [0.4, 0.5) is 0 Å². The monoisotopic (exact) mass is 306 g/mol. The molecule has 0 saturated heterocycles. The van der Waals surface area contributed by atoms with Crippen molar-refractivity contribution in [2.45, 2.75) is 26.2 Å². The molecule has 0 atom stereocenters. The Hall–Kier alpha value is -1.35. The predicted octanol–water partition coefficient (Wildman–Crippen LogP) is 1.91. The SMILES string of the molecule is COCCC1(CNC(=O)c2cc(C)c(C#CCN)s2)CC1. The van der Waals surface area contributed by atoms with Gasteiger partial charge in [0.25, 0.3) is 5.91 Å². The highest BCUT2D eigenvalue weighted by atomic mass is 32.1. The van der Waals surface area contributed by atoms with E-state index in [0.29, 0.717) is 6.54 Å². The van der Waals surface area contributed by atoms with Crippen LogP contribution in [-0.2, 0) is 4.74 Å².